The van der Waals surface area contributed by atoms with Crippen LogP contribution in [0.1, 0.15) is 123 Å². The van der Waals surface area contributed by atoms with Gasteiger partial charge in [0.1, 0.15) is 13.1 Å². The van der Waals surface area contributed by atoms with Crippen LogP contribution in [0.3, 0.4) is 0 Å². The number of benzene rings is 2. The molecule has 2 atom stereocenters. The number of pyridine rings is 2. The Labute approximate surface area is 367 Å². The van der Waals surface area contributed by atoms with E-state index in [0.29, 0.717) is 12.1 Å². The third-order valence-corrected chi connectivity index (χ3v) is 11.7. The number of halogens is 2. The summed E-state index contributed by atoms with van der Waals surface area (Å²) in [6.45, 7) is 4.40. The molecule has 2 aliphatic rings. The molecule has 4 heterocycles. The number of aromatic nitrogens is 2. The van der Waals surface area contributed by atoms with E-state index in [1.54, 1.807) is 0 Å². The smallest absolute Gasteiger partial charge is 0.173 e. The van der Waals surface area contributed by atoms with Crippen LogP contribution in [0.25, 0.3) is 0 Å². The van der Waals surface area contributed by atoms with Crippen LogP contribution in [0.5, 0.6) is 0 Å². The van der Waals surface area contributed by atoms with Crippen molar-refractivity contribution in [3.63, 3.8) is 0 Å². The highest BCUT2D eigenvalue weighted by molar-refractivity contribution is 9.09. The van der Waals surface area contributed by atoms with Gasteiger partial charge in [0.25, 0.3) is 0 Å². The van der Waals surface area contributed by atoms with Gasteiger partial charge in [-0.05, 0) is 102 Å². The Hall–Kier alpha value is -4.14. The highest BCUT2D eigenvalue weighted by Gasteiger charge is 2.25. The lowest BCUT2D eigenvalue weighted by Crippen LogP contribution is -2.34. The third-order valence-electron chi connectivity index (χ3n) is 10.6. The van der Waals surface area contributed by atoms with Crippen LogP contribution in [0.2, 0.25) is 0 Å². The fourth-order valence-electron chi connectivity index (χ4n) is 7.46. The second-order valence-corrected chi connectivity index (χ2v) is 16.7. The van der Waals surface area contributed by atoms with E-state index in [2.05, 4.69) is 186 Å². The van der Waals surface area contributed by atoms with E-state index >= 15 is 0 Å². The minimum absolute atomic E-state index is 0.568. The predicted molar refractivity (Wildman–Crippen MR) is 247 cm³/mol. The van der Waals surface area contributed by atoms with Crippen LogP contribution in [0.4, 0.5) is 0 Å². The van der Waals surface area contributed by atoms with Crippen molar-refractivity contribution < 1.29 is 9.13 Å². The molecular weight excluding hydrogens is 840 g/mol. The van der Waals surface area contributed by atoms with E-state index < -0.39 is 0 Å². The lowest BCUT2D eigenvalue weighted by molar-refractivity contribution is -0.697. The van der Waals surface area contributed by atoms with Crippen LogP contribution in [0, 0.1) is 47.4 Å². The number of hydrogen-bond acceptors (Lipinski definition) is 2. The summed E-state index contributed by atoms with van der Waals surface area (Å²) in [6, 6.07) is 26.5. The predicted octanol–water partition coefficient (Wildman–Crippen LogP) is 10.2. The quantitative estimate of drug-likeness (QED) is 0.0609. The number of likely N-dealkylation sites (tertiary alicyclic amines) is 2. The average Bonchev–Trinajstić information content (AvgIpc) is 3.89. The highest BCUT2D eigenvalue weighted by atomic mass is 79.9. The van der Waals surface area contributed by atoms with E-state index in [-0.39, 0.29) is 0 Å². The monoisotopic (exact) mass is 898 g/mol. The van der Waals surface area contributed by atoms with E-state index in [0.717, 1.165) is 97.4 Å². The normalized spacial score (nSPS) is 16.0. The Morgan fingerprint density at radius 3 is 1.21 bits per heavy atom. The molecule has 6 rings (SSSR count). The molecule has 6 heteroatoms. The van der Waals surface area contributed by atoms with Gasteiger partial charge in [0.2, 0.25) is 0 Å². The molecule has 2 fully saturated rings. The second kappa shape index (κ2) is 26.1. The van der Waals surface area contributed by atoms with Gasteiger partial charge in [0.15, 0.2) is 24.8 Å². The van der Waals surface area contributed by atoms with Gasteiger partial charge in [-0.1, -0.05) is 103 Å². The van der Waals surface area contributed by atoms with Crippen molar-refractivity contribution in [2.45, 2.75) is 102 Å². The number of rotatable bonds is 12. The molecule has 0 saturated carbocycles. The van der Waals surface area contributed by atoms with E-state index in [4.69, 9.17) is 0 Å². The van der Waals surface area contributed by atoms with Crippen molar-refractivity contribution in [2.24, 2.45) is 0 Å². The molecule has 300 valence electrons. The zero-order valence-corrected chi connectivity index (χ0v) is 37.8. The van der Waals surface area contributed by atoms with Crippen molar-refractivity contribution in [3.8, 4) is 47.4 Å². The Bertz CT molecular complexity index is 1980. The topological polar surface area (TPSA) is 14.2 Å². The highest BCUT2D eigenvalue weighted by Crippen LogP contribution is 2.30. The fraction of sp³-hybridized carbons (Fsp3) is 0.423. The number of alkyl halides is 2. The van der Waals surface area contributed by atoms with Crippen LogP contribution in [-0.2, 0) is 13.1 Å². The molecule has 4 aromatic rings. The summed E-state index contributed by atoms with van der Waals surface area (Å²) in [5.41, 5.74) is 7.03. The Balaban J connectivity index is 0.000000299. The molecule has 2 aliphatic heterocycles. The molecule has 0 bridgehead atoms. The second-order valence-electron chi connectivity index (χ2n) is 15.1. The maximum atomic E-state index is 3.41. The summed E-state index contributed by atoms with van der Waals surface area (Å²) in [5, 5.41) is 2.02. The molecule has 4 nitrogen and oxygen atoms in total. The molecule has 2 aromatic carbocycles. The Kier molecular flexibility index (Phi) is 20.2. The maximum absolute atomic E-state index is 3.41. The SMILES string of the molecule is BrCCCC#Cc1ccccc1C#CCCCBr.CN1CCC[C@H]1c1ccc[n+](CCCC#Cc2ccccc2C#CCCC[n+]2cccc([C@@H]3CCCN3C)c2)c1. The lowest BCUT2D eigenvalue weighted by Gasteiger charge is -2.18. The van der Waals surface area contributed by atoms with Crippen LogP contribution in [-0.4, -0.2) is 47.6 Å². The van der Waals surface area contributed by atoms with Gasteiger partial charge < -0.3 is 0 Å². The molecular formula is C52H60Br2N4+2. The van der Waals surface area contributed by atoms with Gasteiger partial charge in [-0.25, -0.2) is 9.13 Å². The maximum Gasteiger partial charge on any atom is 0.173 e. The summed E-state index contributed by atoms with van der Waals surface area (Å²) in [5.74, 6) is 26.4. The molecule has 0 aliphatic carbocycles. The van der Waals surface area contributed by atoms with Gasteiger partial charge in [-0.2, -0.15) is 0 Å². The zero-order valence-electron chi connectivity index (χ0n) is 34.7. The van der Waals surface area contributed by atoms with Gasteiger partial charge >= 0.3 is 0 Å². The Morgan fingerprint density at radius 1 is 0.517 bits per heavy atom. The van der Waals surface area contributed by atoms with E-state index in [1.807, 2.05) is 24.3 Å². The molecule has 0 unspecified atom stereocenters. The lowest BCUT2D eigenvalue weighted by atomic mass is 10.1. The molecule has 2 saturated heterocycles. The molecule has 2 aromatic heterocycles. The van der Waals surface area contributed by atoms with Crippen molar-refractivity contribution in [1.29, 1.82) is 0 Å². The number of hydrogen-bond donors (Lipinski definition) is 0. The first-order valence-corrected chi connectivity index (χ1v) is 23.4. The first kappa shape index (κ1) is 45.0. The van der Waals surface area contributed by atoms with E-state index in [1.165, 1.54) is 49.9 Å². The molecule has 0 N–H and O–H groups in total. The number of aryl methyl sites for hydroxylation is 2. The standard InChI is InChI=1S/C36H44N4.C16H16Br2/c1-37-23-13-21-35(37)33-19-11-27-39(29-33)25-9-3-5-15-31-17-7-8-18-32(31)16-6-4-10-26-40-28-12-20-34(30-40)36-22-14-24-38(36)2;17-13-7-1-3-9-15-11-5-6-12-16(15)10-4-2-8-14-18/h7-8,11-12,17-20,27-30,35-36H,3-4,9-10,13-14,21-26H2,1-2H3;5-6,11-12H,1-2,7-8,13-14H2/q+2;/t35-,36-;/m0./s1. The van der Waals surface area contributed by atoms with Gasteiger partial charge in [0.05, 0.1) is 0 Å². The summed E-state index contributed by atoms with van der Waals surface area (Å²) in [6.07, 6.45) is 22.0. The third kappa shape index (κ3) is 15.2. The largest absolute Gasteiger partial charge is 0.299 e. The van der Waals surface area contributed by atoms with Crippen LogP contribution >= 0.6 is 31.9 Å². The average molecular weight is 901 g/mol. The van der Waals surface area contributed by atoms with Crippen LogP contribution < -0.4 is 9.13 Å². The summed E-state index contributed by atoms with van der Waals surface area (Å²) in [7, 11) is 4.48. The summed E-state index contributed by atoms with van der Waals surface area (Å²) >= 11 is 6.81. The number of nitrogens with zero attached hydrogens (tertiary/aromatic N) is 4. The number of unbranched alkanes of at least 4 members (excludes halogenated alkanes) is 4. The van der Waals surface area contributed by atoms with Crippen LogP contribution in [0.15, 0.2) is 97.6 Å². The van der Waals surface area contributed by atoms with Gasteiger partial charge in [-0.3, -0.25) is 9.80 Å². The first-order valence-electron chi connectivity index (χ1n) is 21.2. The summed E-state index contributed by atoms with van der Waals surface area (Å²) in [4.78, 5) is 4.94. The van der Waals surface area contributed by atoms with Crippen molar-refractivity contribution in [2.75, 3.05) is 37.8 Å². The molecule has 58 heavy (non-hydrogen) atoms. The minimum atomic E-state index is 0.568. The zero-order chi connectivity index (χ0) is 40.6. The summed E-state index contributed by atoms with van der Waals surface area (Å²) < 4.78 is 4.65. The van der Waals surface area contributed by atoms with Gasteiger partial charge in [-0.15, -0.1) is 0 Å². The van der Waals surface area contributed by atoms with Crippen molar-refractivity contribution in [3.05, 3.63) is 131 Å². The first-order chi connectivity index (χ1) is 28.6. The van der Waals surface area contributed by atoms with E-state index in [9.17, 15) is 0 Å². The minimum Gasteiger partial charge on any atom is -0.299 e. The van der Waals surface area contributed by atoms with Crippen molar-refractivity contribution >= 4 is 31.9 Å². The molecule has 0 amide bonds. The van der Waals surface area contributed by atoms with Gasteiger partial charge in [0, 0.05) is 107 Å². The molecule has 0 spiro atoms. The van der Waals surface area contributed by atoms with Crippen molar-refractivity contribution in [1.82, 2.24) is 9.80 Å². The Morgan fingerprint density at radius 2 is 0.879 bits per heavy atom. The molecule has 0 radical (unpaired) electrons. The fourth-order valence-corrected chi connectivity index (χ4v) is 8.02.